The zero-order chi connectivity index (χ0) is 18.8. The van der Waals surface area contributed by atoms with E-state index in [2.05, 4.69) is 20.8 Å². The van der Waals surface area contributed by atoms with Gasteiger partial charge in [0.25, 0.3) is 0 Å². The number of ether oxygens (including phenoxy) is 1. The van der Waals surface area contributed by atoms with Crippen molar-refractivity contribution in [2.24, 2.45) is 4.99 Å². The number of halogens is 2. The normalized spacial score (nSPS) is 12.2. The second-order valence-electron chi connectivity index (χ2n) is 5.79. The van der Waals surface area contributed by atoms with Gasteiger partial charge in [0.05, 0.1) is 12.2 Å². The van der Waals surface area contributed by atoms with Crippen molar-refractivity contribution in [2.75, 3.05) is 13.1 Å². The third-order valence-electron chi connectivity index (χ3n) is 3.79. The highest BCUT2D eigenvalue weighted by Crippen LogP contribution is 2.17. The number of nitrogens with one attached hydrogen (secondary N) is 2. The van der Waals surface area contributed by atoms with Crippen molar-refractivity contribution in [2.45, 2.75) is 46.3 Å². The summed E-state index contributed by atoms with van der Waals surface area (Å²) in [5.74, 6) is 1.27. The van der Waals surface area contributed by atoms with Crippen LogP contribution in [0.25, 0.3) is 0 Å². The van der Waals surface area contributed by atoms with E-state index in [1.807, 2.05) is 26.8 Å². The molecule has 0 amide bonds. The van der Waals surface area contributed by atoms with Crippen LogP contribution >= 0.6 is 24.0 Å². The lowest BCUT2D eigenvalue weighted by Crippen LogP contribution is -2.42. The van der Waals surface area contributed by atoms with Crippen molar-refractivity contribution >= 4 is 29.9 Å². The maximum Gasteiger partial charge on any atom is 0.191 e. The molecule has 0 radical (unpaired) electrons. The van der Waals surface area contributed by atoms with Crippen LogP contribution in [0, 0.1) is 5.82 Å². The number of benzene rings is 1. The first-order valence-corrected chi connectivity index (χ1v) is 9.04. The molecule has 0 fully saturated rings. The second-order valence-corrected chi connectivity index (χ2v) is 5.79. The summed E-state index contributed by atoms with van der Waals surface area (Å²) in [4.78, 5) is 4.49. The van der Waals surface area contributed by atoms with Gasteiger partial charge in [0.15, 0.2) is 23.3 Å². The van der Waals surface area contributed by atoms with Crippen molar-refractivity contribution in [1.82, 2.24) is 15.8 Å². The molecule has 0 aliphatic heterocycles. The van der Waals surface area contributed by atoms with Crippen LogP contribution in [0.1, 0.15) is 38.6 Å². The van der Waals surface area contributed by atoms with E-state index in [4.69, 9.17) is 9.26 Å². The average molecular weight is 490 g/mol. The van der Waals surface area contributed by atoms with E-state index in [1.54, 1.807) is 18.2 Å². The van der Waals surface area contributed by atoms with E-state index in [-0.39, 0.29) is 41.6 Å². The summed E-state index contributed by atoms with van der Waals surface area (Å²) in [5.41, 5.74) is 0.914. The first-order valence-electron chi connectivity index (χ1n) is 9.04. The van der Waals surface area contributed by atoms with Crippen LogP contribution in [-0.2, 0) is 13.0 Å². The van der Waals surface area contributed by atoms with Gasteiger partial charge in [-0.2, -0.15) is 0 Å². The number of rotatable bonds is 9. The summed E-state index contributed by atoms with van der Waals surface area (Å²) < 4.78 is 24.7. The molecule has 2 aromatic rings. The first-order chi connectivity index (χ1) is 12.7. The Kier molecular flexibility index (Phi) is 10.8. The van der Waals surface area contributed by atoms with Gasteiger partial charge in [-0.05, 0) is 31.9 Å². The van der Waals surface area contributed by atoms with Gasteiger partial charge in [0.2, 0.25) is 0 Å². The monoisotopic (exact) mass is 490 g/mol. The summed E-state index contributed by atoms with van der Waals surface area (Å²) in [6.45, 7) is 7.65. The molecule has 1 aromatic heterocycles. The third kappa shape index (κ3) is 7.74. The Morgan fingerprint density at radius 1 is 1.26 bits per heavy atom. The number of aliphatic imine (C=N–C) groups is 1. The number of hydrogen-bond acceptors (Lipinski definition) is 4. The fourth-order valence-corrected chi connectivity index (χ4v) is 2.30. The molecule has 0 bridgehead atoms. The summed E-state index contributed by atoms with van der Waals surface area (Å²) >= 11 is 0. The van der Waals surface area contributed by atoms with Crippen LogP contribution in [0.3, 0.4) is 0 Å². The predicted molar refractivity (Wildman–Crippen MR) is 115 cm³/mol. The predicted octanol–water partition coefficient (Wildman–Crippen LogP) is 3.91. The molecular weight excluding hydrogens is 462 g/mol. The molecule has 27 heavy (non-hydrogen) atoms. The van der Waals surface area contributed by atoms with E-state index in [0.717, 1.165) is 25.1 Å². The zero-order valence-corrected chi connectivity index (χ0v) is 18.3. The molecule has 150 valence electrons. The van der Waals surface area contributed by atoms with Crippen LogP contribution in [0.15, 0.2) is 39.8 Å². The molecule has 6 nitrogen and oxygen atoms in total. The Bertz CT molecular complexity index is 709. The number of nitrogens with zero attached hydrogens (tertiary/aromatic N) is 2. The van der Waals surface area contributed by atoms with Crippen LogP contribution in [0.5, 0.6) is 5.75 Å². The van der Waals surface area contributed by atoms with E-state index in [1.165, 1.54) is 6.07 Å². The molecule has 0 spiro atoms. The van der Waals surface area contributed by atoms with Gasteiger partial charge in [0.1, 0.15) is 12.6 Å². The molecular formula is C19H28FIN4O2. The van der Waals surface area contributed by atoms with Gasteiger partial charge < -0.3 is 19.9 Å². The topological polar surface area (TPSA) is 71.7 Å². The van der Waals surface area contributed by atoms with E-state index in [9.17, 15) is 4.39 Å². The molecule has 0 aliphatic carbocycles. The molecule has 1 unspecified atom stereocenters. The van der Waals surface area contributed by atoms with Crippen molar-refractivity contribution < 1.29 is 13.7 Å². The van der Waals surface area contributed by atoms with Gasteiger partial charge in [0, 0.05) is 12.6 Å². The lowest BCUT2D eigenvalue weighted by atomic mass is 10.2. The quantitative estimate of drug-likeness (QED) is 0.317. The summed E-state index contributed by atoms with van der Waals surface area (Å²) in [6, 6.07) is 8.33. The molecule has 2 N–H and O–H groups in total. The maximum atomic E-state index is 13.7. The SMILES string of the molecule is CCNC(=NCc1cc(CC)no1)NCC(CC)Oc1ccccc1F.I. The molecule has 1 aromatic carbocycles. The van der Waals surface area contributed by atoms with Crippen molar-refractivity contribution in [3.63, 3.8) is 0 Å². The third-order valence-corrected chi connectivity index (χ3v) is 3.79. The molecule has 0 saturated carbocycles. The van der Waals surface area contributed by atoms with Crippen molar-refractivity contribution in [3.8, 4) is 5.75 Å². The molecule has 0 aliphatic rings. The smallest absolute Gasteiger partial charge is 0.191 e. The highest BCUT2D eigenvalue weighted by atomic mass is 127. The van der Waals surface area contributed by atoms with Crippen LogP contribution < -0.4 is 15.4 Å². The number of para-hydroxylation sites is 1. The number of aromatic nitrogens is 1. The standard InChI is InChI=1S/C19H27FN4O2.HI/c1-4-14-11-16(26-24-14)13-23-19(21-6-3)22-12-15(5-2)25-18-10-8-7-9-17(18)20;/h7-11,15H,4-6,12-13H2,1-3H3,(H2,21,22,23);1H. The zero-order valence-electron chi connectivity index (χ0n) is 16.0. The number of hydrogen-bond donors (Lipinski definition) is 2. The van der Waals surface area contributed by atoms with Crippen molar-refractivity contribution in [1.29, 1.82) is 0 Å². The Balaban J connectivity index is 0.00000364. The van der Waals surface area contributed by atoms with Gasteiger partial charge in [-0.1, -0.05) is 31.1 Å². The molecule has 1 atom stereocenters. The van der Waals surface area contributed by atoms with Crippen LogP contribution in [-0.4, -0.2) is 30.3 Å². The lowest BCUT2D eigenvalue weighted by molar-refractivity contribution is 0.191. The Morgan fingerprint density at radius 2 is 2.04 bits per heavy atom. The van der Waals surface area contributed by atoms with E-state index < -0.39 is 0 Å². The number of aryl methyl sites for hydroxylation is 1. The van der Waals surface area contributed by atoms with Gasteiger partial charge in [-0.15, -0.1) is 24.0 Å². The lowest BCUT2D eigenvalue weighted by Gasteiger charge is -2.20. The van der Waals surface area contributed by atoms with Gasteiger partial charge in [-0.3, -0.25) is 0 Å². The Labute approximate surface area is 177 Å². The van der Waals surface area contributed by atoms with Crippen LogP contribution in [0.2, 0.25) is 0 Å². The van der Waals surface area contributed by atoms with E-state index >= 15 is 0 Å². The second kappa shape index (κ2) is 12.5. The summed E-state index contributed by atoms with van der Waals surface area (Å²) in [6.07, 6.45) is 1.40. The fraction of sp³-hybridized carbons (Fsp3) is 0.474. The first kappa shape index (κ1) is 23.2. The van der Waals surface area contributed by atoms with Gasteiger partial charge >= 0.3 is 0 Å². The van der Waals surface area contributed by atoms with Crippen LogP contribution in [0.4, 0.5) is 4.39 Å². The minimum absolute atomic E-state index is 0. The molecule has 8 heteroatoms. The number of guanidine groups is 1. The minimum atomic E-state index is -0.358. The Morgan fingerprint density at radius 3 is 2.67 bits per heavy atom. The Hall–Kier alpha value is -1.84. The highest BCUT2D eigenvalue weighted by molar-refractivity contribution is 14.0. The molecule has 2 rings (SSSR count). The minimum Gasteiger partial charge on any atom is -0.486 e. The van der Waals surface area contributed by atoms with Gasteiger partial charge in [-0.25, -0.2) is 9.38 Å². The average Bonchev–Trinajstić information content (AvgIpc) is 3.12. The summed E-state index contributed by atoms with van der Waals surface area (Å²) in [7, 11) is 0. The molecule has 1 heterocycles. The summed E-state index contributed by atoms with van der Waals surface area (Å²) in [5, 5.41) is 10.4. The largest absolute Gasteiger partial charge is 0.486 e. The van der Waals surface area contributed by atoms with E-state index in [0.29, 0.717) is 24.8 Å². The van der Waals surface area contributed by atoms with Crippen molar-refractivity contribution in [3.05, 3.63) is 47.6 Å². The maximum absolute atomic E-state index is 13.7. The highest BCUT2D eigenvalue weighted by Gasteiger charge is 2.12. The fourth-order valence-electron chi connectivity index (χ4n) is 2.30. The molecule has 0 saturated heterocycles.